The van der Waals surface area contributed by atoms with Crippen LogP contribution < -0.4 is 10.5 Å². The number of aliphatic hydroxyl groups is 1. The van der Waals surface area contributed by atoms with Crippen LogP contribution in [0.4, 0.5) is 5.95 Å². The van der Waals surface area contributed by atoms with Gasteiger partial charge in [0.15, 0.2) is 5.75 Å². The maximum atomic E-state index is 12.8. The normalized spacial score (nSPS) is 13.3. The Morgan fingerprint density at radius 1 is 1.24 bits per heavy atom. The minimum atomic E-state index is -0.298. The number of amides is 1. The zero-order valence-electron chi connectivity index (χ0n) is 18.6. The highest BCUT2D eigenvalue weighted by Gasteiger charge is 2.25. The number of aliphatic hydroxyl groups excluding tert-OH is 1. The van der Waals surface area contributed by atoms with Crippen LogP contribution in [-0.4, -0.2) is 57.7 Å². The highest BCUT2D eigenvalue weighted by Crippen LogP contribution is 2.32. The predicted octanol–water partition coefficient (Wildman–Crippen LogP) is 2.74. The number of esters is 1. The van der Waals surface area contributed by atoms with E-state index in [1.54, 1.807) is 24.0 Å². The van der Waals surface area contributed by atoms with E-state index in [0.717, 1.165) is 11.1 Å². The van der Waals surface area contributed by atoms with E-state index in [0.29, 0.717) is 67.6 Å². The van der Waals surface area contributed by atoms with Crippen molar-refractivity contribution in [2.75, 3.05) is 32.0 Å². The number of carbonyl (C=O) groups is 2. The lowest BCUT2D eigenvalue weighted by molar-refractivity contribution is -0.143. The molecule has 3 aromatic rings. The van der Waals surface area contributed by atoms with Gasteiger partial charge in [-0.15, -0.1) is 0 Å². The van der Waals surface area contributed by atoms with Crippen molar-refractivity contribution in [2.24, 2.45) is 0 Å². The number of carbonyl (C=O) groups excluding carboxylic acids is 2. The highest BCUT2D eigenvalue weighted by molar-refractivity contribution is 5.97. The first-order chi connectivity index (χ1) is 16.0. The van der Waals surface area contributed by atoms with Gasteiger partial charge in [0.25, 0.3) is 5.91 Å². The number of nitrogens with zero attached hydrogens (tertiary/aromatic N) is 3. The lowest BCUT2D eigenvalue weighted by Crippen LogP contribution is -2.39. The number of aryl methyl sites for hydroxylation is 1. The van der Waals surface area contributed by atoms with E-state index in [-0.39, 0.29) is 24.9 Å². The molecule has 1 amide bonds. The van der Waals surface area contributed by atoms with Gasteiger partial charge in [-0.3, -0.25) is 9.59 Å². The van der Waals surface area contributed by atoms with E-state index in [9.17, 15) is 9.59 Å². The molecule has 174 valence electrons. The fraction of sp³-hybridized carbons (Fsp3) is 0.375. The molecule has 0 spiro atoms. The van der Waals surface area contributed by atoms with Gasteiger partial charge in [-0.25, -0.2) is 4.98 Å². The SMILES string of the molecule is CCOC(=O)CCN1CCc2cc(Oc3cccc4c3nc(N)n4CCCO)ccc2C1=O. The number of nitrogen functional groups attached to an aromatic ring is 1. The molecule has 0 saturated carbocycles. The van der Waals surface area contributed by atoms with Crippen LogP contribution in [0.3, 0.4) is 0 Å². The number of rotatable bonds is 9. The molecule has 1 aliphatic rings. The third-order valence-corrected chi connectivity index (χ3v) is 5.68. The Labute approximate surface area is 191 Å². The van der Waals surface area contributed by atoms with E-state index in [1.807, 2.05) is 28.8 Å². The average molecular weight is 453 g/mol. The molecule has 1 aliphatic heterocycles. The molecule has 0 aliphatic carbocycles. The number of para-hydroxylation sites is 1. The summed E-state index contributed by atoms with van der Waals surface area (Å²) in [5.74, 6) is 1.16. The topological polar surface area (TPSA) is 120 Å². The van der Waals surface area contributed by atoms with Crippen molar-refractivity contribution >= 4 is 28.9 Å². The van der Waals surface area contributed by atoms with Crippen LogP contribution in [0.2, 0.25) is 0 Å². The van der Waals surface area contributed by atoms with Crippen molar-refractivity contribution in [1.82, 2.24) is 14.5 Å². The molecule has 2 heterocycles. The van der Waals surface area contributed by atoms with Crippen molar-refractivity contribution in [3.05, 3.63) is 47.5 Å². The van der Waals surface area contributed by atoms with Gasteiger partial charge in [0.2, 0.25) is 5.95 Å². The van der Waals surface area contributed by atoms with E-state index in [2.05, 4.69) is 4.98 Å². The molecule has 0 fully saturated rings. The summed E-state index contributed by atoms with van der Waals surface area (Å²) in [6.45, 7) is 3.62. The summed E-state index contributed by atoms with van der Waals surface area (Å²) in [7, 11) is 0. The molecular weight excluding hydrogens is 424 g/mol. The van der Waals surface area contributed by atoms with Gasteiger partial charge < -0.3 is 29.8 Å². The third-order valence-electron chi connectivity index (χ3n) is 5.68. The molecule has 3 N–H and O–H groups in total. The van der Waals surface area contributed by atoms with Gasteiger partial charge >= 0.3 is 5.97 Å². The standard InChI is InChI=1S/C24H28N4O5/c1-2-32-21(30)10-13-27-12-9-16-15-17(7-8-18(16)23(27)31)33-20-6-3-5-19-22(20)26-24(25)28(19)11-4-14-29/h3,5-8,15,29H,2,4,9-14H2,1H3,(H2,25,26). The van der Waals surface area contributed by atoms with Crippen molar-refractivity contribution < 1.29 is 24.2 Å². The fourth-order valence-electron chi connectivity index (χ4n) is 4.06. The quantitative estimate of drug-likeness (QED) is 0.479. The maximum absolute atomic E-state index is 12.8. The number of fused-ring (bicyclic) bond motifs is 2. The van der Waals surface area contributed by atoms with Crippen LogP contribution in [0.5, 0.6) is 11.5 Å². The zero-order valence-corrected chi connectivity index (χ0v) is 18.6. The number of hydrogen-bond acceptors (Lipinski definition) is 7. The van der Waals surface area contributed by atoms with Crippen LogP contribution in [0.1, 0.15) is 35.7 Å². The average Bonchev–Trinajstić information content (AvgIpc) is 3.13. The van der Waals surface area contributed by atoms with Crippen molar-refractivity contribution in [1.29, 1.82) is 0 Å². The smallest absolute Gasteiger partial charge is 0.307 e. The van der Waals surface area contributed by atoms with E-state index < -0.39 is 0 Å². The van der Waals surface area contributed by atoms with Gasteiger partial charge in [0, 0.05) is 31.8 Å². The Morgan fingerprint density at radius 3 is 2.88 bits per heavy atom. The number of aromatic nitrogens is 2. The molecule has 0 radical (unpaired) electrons. The maximum Gasteiger partial charge on any atom is 0.307 e. The second kappa shape index (κ2) is 9.91. The molecule has 33 heavy (non-hydrogen) atoms. The molecule has 0 saturated heterocycles. The lowest BCUT2D eigenvalue weighted by Gasteiger charge is -2.28. The summed E-state index contributed by atoms with van der Waals surface area (Å²) in [6, 6.07) is 11.0. The second-order valence-corrected chi connectivity index (χ2v) is 7.84. The molecule has 1 aromatic heterocycles. The van der Waals surface area contributed by atoms with Gasteiger partial charge in [-0.05, 0) is 55.7 Å². The molecule has 9 heteroatoms. The summed E-state index contributed by atoms with van der Waals surface area (Å²) in [6.07, 6.45) is 1.44. The van der Waals surface area contributed by atoms with Crippen LogP contribution in [-0.2, 0) is 22.5 Å². The van der Waals surface area contributed by atoms with Crippen molar-refractivity contribution in [2.45, 2.75) is 32.7 Å². The molecule has 2 aromatic carbocycles. The van der Waals surface area contributed by atoms with Gasteiger partial charge in [0.05, 0.1) is 18.5 Å². The Bertz CT molecular complexity index is 1170. The predicted molar refractivity (Wildman–Crippen MR) is 123 cm³/mol. The molecule has 0 bridgehead atoms. The van der Waals surface area contributed by atoms with E-state index >= 15 is 0 Å². The number of ether oxygens (including phenoxy) is 2. The molecule has 4 rings (SSSR count). The van der Waals surface area contributed by atoms with E-state index in [4.69, 9.17) is 20.3 Å². The number of imidazole rings is 1. The summed E-state index contributed by atoms with van der Waals surface area (Å²) in [5.41, 5.74) is 9.09. The number of nitrogens with two attached hydrogens (primary N) is 1. The third kappa shape index (κ3) is 4.78. The van der Waals surface area contributed by atoms with Crippen LogP contribution in [0.15, 0.2) is 36.4 Å². The molecular formula is C24H28N4O5. The lowest BCUT2D eigenvalue weighted by atomic mass is 9.98. The minimum Gasteiger partial charge on any atom is -0.466 e. The fourth-order valence-corrected chi connectivity index (χ4v) is 4.06. The van der Waals surface area contributed by atoms with Gasteiger partial charge in [-0.1, -0.05) is 6.07 Å². The summed E-state index contributed by atoms with van der Waals surface area (Å²) < 4.78 is 12.9. The number of anilines is 1. The monoisotopic (exact) mass is 452 g/mol. The molecule has 0 unspecified atom stereocenters. The minimum absolute atomic E-state index is 0.0728. The van der Waals surface area contributed by atoms with Crippen LogP contribution in [0, 0.1) is 0 Å². The van der Waals surface area contributed by atoms with Gasteiger partial charge in [0.1, 0.15) is 11.3 Å². The van der Waals surface area contributed by atoms with Crippen molar-refractivity contribution in [3.63, 3.8) is 0 Å². The number of hydrogen-bond donors (Lipinski definition) is 2. The Morgan fingerprint density at radius 2 is 2.09 bits per heavy atom. The summed E-state index contributed by atoms with van der Waals surface area (Å²) in [4.78, 5) is 30.6. The molecule has 0 atom stereocenters. The second-order valence-electron chi connectivity index (χ2n) is 7.84. The molecule has 9 nitrogen and oxygen atoms in total. The highest BCUT2D eigenvalue weighted by atomic mass is 16.5. The van der Waals surface area contributed by atoms with Crippen LogP contribution in [0.25, 0.3) is 11.0 Å². The van der Waals surface area contributed by atoms with Crippen molar-refractivity contribution in [3.8, 4) is 11.5 Å². The van der Waals surface area contributed by atoms with E-state index in [1.165, 1.54) is 0 Å². The summed E-state index contributed by atoms with van der Waals surface area (Å²) in [5, 5.41) is 9.14. The Kier molecular flexibility index (Phi) is 6.79. The summed E-state index contributed by atoms with van der Waals surface area (Å²) >= 11 is 0. The van der Waals surface area contributed by atoms with Gasteiger partial charge in [-0.2, -0.15) is 0 Å². The van der Waals surface area contributed by atoms with Crippen LogP contribution >= 0.6 is 0 Å². The largest absolute Gasteiger partial charge is 0.466 e. The first-order valence-electron chi connectivity index (χ1n) is 11.1. The number of benzene rings is 2. The first-order valence-corrected chi connectivity index (χ1v) is 11.1. The first kappa shape index (κ1) is 22.6. The Hall–Kier alpha value is -3.59. The Balaban J connectivity index is 1.51. The zero-order chi connectivity index (χ0) is 23.4.